The molecule has 0 aromatic rings. The van der Waals surface area contributed by atoms with E-state index in [0.717, 1.165) is 19.4 Å². The van der Waals surface area contributed by atoms with Gasteiger partial charge in [0.15, 0.2) is 0 Å². The van der Waals surface area contributed by atoms with E-state index in [1.54, 1.807) is 6.92 Å². The molecule has 1 saturated heterocycles. The van der Waals surface area contributed by atoms with Crippen molar-refractivity contribution in [1.82, 2.24) is 10.6 Å². The van der Waals surface area contributed by atoms with E-state index in [4.69, 9.17) is 5.11 Å². The van der Waals surface area contributed by atoms with Crippen LogP contribution in [0.1, 0.15) is 33.1 Å². The van der Waals surface area contributed by atoms with Gasteiger partial charge < -0.3 is 15.7 Å². The summed E-state index contributed by atoms with van der Waals surface area (Å²) in [5, 5.41) is 14.6. The first-order chi connectivity index (χ1) is 7.50. The van der Waals surface area contributed by atoms with Gasteiger partial charge in [0.1, 0.15) is 0 Å². The Hall–Kier alpha value is -1.10. The summed E-state index contributed by atoms with van der Waals surface area (Å²) in [7, 11) is 0. The summed E-state index contributed by atoms with van der Waals surface area (Å²) in [5.41, 5.74) is -0.341. The highest BCUT2D eigenvalue weighted by atomic mass is 16.4. The minimum Gasteiger partial charge on any atom is -0.481 e. The third kappa shape index (κ3) is 2.95. The van der Waals surface area contributed by atoms with Crippen LogP contribution in [0.5, 0.6) is 0 Å². The fourth-order valence-corrected chi connectivity index (χ4v) is 2.09. The van der Waals surface area contributed by atoms with E-state index in [1.807, 2.05) is 6.92 Å². The van der Waals surface area contributed by atoms with Crippen LogP contribution in [0.15, 0.2) is 0 Å². The molecule has 1 rings (SSSR count). The second kappa shape index (κ2) is 5.30. The number of aliphatic carboxylic acids is 1. The second-order valence-electron chi connectivity index (χ2n) is 4.53. The first-order valence-corrected chi connectivity index (χ1v) is 5.73. The standard InChI is InChI=1S/C11H20N2O3/c1-3-11(4-5-12-7-11)10(16)13-8(2)6-9(14)15/h8,12H,3-7H2,1-2H3,(H,13,16)(H,14,15). The van der Waals surface area contributed by atoms with E-state index in [-0.39, 0.29) is 23.8 Å². The first-order valence-electron chi connectivity index (χ1n) is 5.73. The quantitative estimate of drug-likeness (QED) is 0.634. The number of rotatable bonds is 5. The SMILES string of the molecule is CCC1(C(=O)NC(C)CC(=O)O)CCNC1. The van der Waals surface area contributed by atoms with Gasteiger partial charge in [-0.15, -0.1) is 0 Å². The normalized spacial score (nSPS) is 26.4. The minimum absolute atomic E-state index is 0.0197. The molecule has 0 bridgehead atoms. The van der Waals surface area contributed by atoms with Gasteiger partial charge in [-0.05, 0) is 26.3 Å². The molecule has 3 N–H and O–H groups in total. The zero-order valence-electron chi connectivity index (χ0n) is 9.88. The average Bonchev–Trinajstić information content (AvgIpc) is 2.65. The van der Waals surface area contributed by atoms with Crippen LogP contribution in [0.2, 0.25) is 0 Å². The Morgan fingerprint density at radius 3 is 2.69 bits per heavy atom. The summed E-state index contributed by atoms with van der Waals surface area (Å²) in [4.78, 5) is 22.5. The maximum absolute atomic E-state index is 12.0. The molecule has 1 aliphatic rings. The van der Waals surface area contributed by atoms with E-state index >= 15 is 0 Å². The van der Waals surface area contributed by atoms with Crippen molar-refractivity contribution >= 4 is 11.9 Å². The second-order valence-corrected chi connectivity index (χ2v) is 4.53. The Morgan fingerprint density at radius 1 is 1.56 bits per heavy atom. The Bertz CT molecular complexity index is 272. The minimum atomic E-state index is -0.886. The highest BCUT2D eigenvalue weighted by Gasteiger charge is 2.39. The molecule has 0 aliphatic carbocycles. The summed E-state index contributed by atoms with van der Waals surface area (Å²) in [5.74, 6) is -0.906. The van der Waals surface area contributed by atoms with Crippen LogP contribution in [-0.2, 0) is 9.59 Å². The van der Waals surface area contributed by atoms with Crippen molar-refractivity contribution in [2.75, 3.05) is 13.1 Å². The Kier molecular flexibility index (Phi) is 4.29. The summed E-state index contributed by atoms with van der Waals surface area (Å²) in [6.07, 6.45) is 1.58. The summed E-state index contributed by atoms with van der Waals surface area (Å²) in [6.45, 7) is 5.26. The number of amides is 1. The van der Waals surface area contributed by atoms with Crippen LogP contribution < -0.4 is 10.6 Å². The van der Waals surface area contributed by atoms with E-state index in [9.17, 15) is 9.59 Å². The monoisotopic (exact) mass is 228 g/mol. The van der Waals surface area contributed by atoms with Gasteiger partial charge in [-0.2, -0.15) is 0 Å². The van der Waals surface area contributed by atoms with Gasteiger partial charge >= 0.3 is 5.97 Å². The van der Waals surface area contributed by atoms with Gasteiger partial charge in [0.05, 0.1) is 11.8 Å². The predicted molar refractivity (Wildman–Crippen MR) is 60.1 cm³/mol. The molecule has 92 valence electrons. The van der Waals surface area contributed by atoms with Crippen LogP contribution in [0, 0.1) is 5.41 Å². The molecule has 2 atom stereocenters. The molecular weight excluding hydrogens is 208 g/mol. The van der Waals surface area contributed by atoms with Crippen LogP contribution in [0.3, 0.4) is 0 Å². The lowest BCUT2D eigenvalue weighted by Gasteiger charge is -2.27. The van der Waals surface area contributed by atoms with E-state index < -0.39 is 5.97 Å². The maximum atomic E-state index is 12.0. The average molecular weight is 228 g/mol. The molecule has 0 spiro atoms. The molecule has 0 radical (unpaired) electrons. The molecular formula is C11H20N2O3. The highest BCUT2D eigenvalue weighted by Crippen LogP contribution is 2.29. The fraction of sp³-hybridized carbons (Fsp3) is 0.818. The molecule has 16 heavy (non-hydrogen) atoms. The van der Waals surface area contributed by atoms with Gasteiger partial charge in [0, 0.05) is 12.6 Å². The van der Waals surface area contributed by atoms with Gasteiger partial charge in [0.25, 0.3) is 0 Å². The van der Waals surface area contributed by atoms with Crippen molar-refractivity contribution in [3.05, 3.63) is 0 Å². The van der Waals surface area contributed by atoms with Crippen molar-refractivity contribution in [2.45, 2.75) is 39.2 Å². The topological polar surface area (TPSA) is 78.4 Å². The molecule has 2 unspecified atom stereocenters. The summed E-state index contributed by atoms with van der Waals surface area (Å²) in [6, 6.07) is -0.311. The Labute approximate surface area is 95.6 Å². The lowest BCUT2D eigenvalue weighted by Crippen LogP contribution is -2.46. The smallest absolute Gasteiger partial charge is 0.305 e. The van der Waals surface area contributed by atoms with E-state index in [0.29, 0.717) is 6.54 Å². The summed E-state index contributed by atoms with van der Waals surface area (Å²) >= 11 is 0. The Morgan fingerprint density at radius 2 is 2.25 bits per heavy atom. The summed E-state index contributed by atoms with van der Waals surface area (Å²) < 4.78 is 0. The van der Waals surface area contributed by atoms with Gasteiger partial charge in [-0.1, -0.05) is 6.92 Å². The first kappa shape index (κ1) is 13.0. The molecule has 1 fully saturated rings. The molecule has 1 amide bonds. The van der Waals surface area contributed by atoms with Gasteiger partial charge in [0.2, 0.25) is 5.91 Å². The van der Waals surface area contributed by atoms with Crippen molar-refractivity contribution in [3.63, 3.8) is 0 Å². The molecule has 0 aromatic heterocycles. The number of carbonyl (C=O) groups is 2. The number of carboxylic acids is 1. The Balaban J connectivity index is 2.53. The highest BCUT2D eigenvalue weighted by molar-refractivity contribution is 5.84. The van der Waals surface area contributed by atoms with Crippen LogP contribution in [0.25, 0.3) is 0 Å². The van der Waals surface area contributed by atoms with Crippen molar-refractivity contribution < 1.29 is 14.7 Å². The van der Waals surface area contributed by atoms with Gasteiger partial charge in [-0.3, -0.25) is 9.59 Å². The van der Waals surface area contributed by atoms with Crippen molar-refractivity contribution in [3.8, 4) is 0 Å². The van der Waals surface area contributed by atoms with E-state index in [2.05, 4.69) is 10.6 Å². The van der Waals surface area contributed by atoms with Crippen molar-refractivity contribution in [1.29, 1.82) is 0 Å². The molecule has 1 heterocycles. The molecule has 5 nitrogen and oxygen atoms in total. The fourth-order valence-electron chi connectivity index (χ4n) is 2.09. The maximum Gasteiger partial charge on any atom is 0.305 e. The third-order valence-electron chi connectivity index (χ3n) is 3.26. The number of nitrogens with one attached hydrogen (secondary N) is 2. The number of carboxylic acid groups (broad SMARTS) is 1. The predicted octanol–water partition coefficient (Wildman–Crippen LogP) is 0.355. The molecule has 1 aliphatic heterocycles. The molecule has 0 aromatic carbocycles. The third-order valence-corrected chi connectivity index (χ3v) is 3.26. The van der Waals surface area contributed by atoms with E-state index in [1.165, 1.54) is 0 Å². The van der Waals surface area contributed by atoms with Crippen molar-refractivity contribution in [2.24, 2.45) is 5.41 Å². The molecule has 5 heteroatoms. The lowest BCUT2D eigenvalue weighted by molar-refractivity contribution is -0.138. The zero-order valence-corrected chi connectivity index (χ0v) is 9.88. The lowest BCUT2D eigenvalue weighted by atomic mass is 9.83. The van der Waals surface area contributed by atoms with Crippen LogP contribution in [0.4, 0.5) is 0 Å². The van der Waals surface area contributed by atoms with Crippen LogP contribution >= 0.6 is 0 Å². The van der Waals surface area contributed by atoms with Crippen LogP contribution in [-0.4, -0.2) is 36.1 Å². The zero-order chi connectivity index (χ0) is 12.2. The van der Waals surface area contributed by atoms with Gasteiger partial charge in [-0.25, -0.2) is 0 Å². The number of hydrogen-bond donors (Lipinski definition) is 3. The number of carbonyl (C=O) groups excluding carboxylic acids is 1. The molecule has 0 saturated carbocycles. The largest absolute Gasteiger partial charge is 0.481 e. The number of hydrogen-bond acceptors (Lipinski definition) is 3.